The summed E-state index contributed by atoms with van der Waals surface area (Å²) >= 11 is 1.68. The van der Waals surface area contributed by atoms with Gasteiger partial charge in [0.05, 0.1) is 11.9 Å². The summed E-state index contributed by atoms with van der Waals surface area (Å²) in [6.07, 6.45) is 2.21. The molecule has 0 aromatic carbocycles. The van der Waals surface area contributed by atoms with Crippen LogP contribution in [-0.2, 0) is 4.79 Å². The lowest BCUT2D eigenvalue weighted by molar-refractivity contribution is -0.130. The maximum Gasteiger partial charge on any atom is 0.241 e. The molecule has 5 nitrogen and oxygen atoms in total. The van der Waals surface area contributed by atoms with Gasteiger partial charge in [0, 0.05) is 18.0 Å². The zero-order valence-corrected chi connectivity index (χ0v) is 15.1. The number of aryl methyl sites for hydroxylation is 3. The molecule has 23 heavy (non-hydrogen) atoms. The van der Waals surface area contributed by atoms with Gasteiger partial charge >= 0.3 is 0 Å². The Morgan fingerprint density at radius 3 is 2.65 bits per heavy atom. The van der Waals surface area contributed by atoms with Crippen LogP contribution < -0.4 is 5.32 Å². The SMILES string of the molecule is Cc1nc(NCC(=O)N2CCC(C)CC2)c2c(C)c(C)sc2n1. The minimum atomic E-state index is 0.158. The Morgan fingerprint density at radius 1 is 1.26 bits per heavy atom. The van der Waals surface area contributed by atoms with Gasteiger partial charge in [0.2, 0.25) is 5.91 Å². The van der Waals surface area contributed by atoms with E-state index in [9.17, 15) is 4.79 Å². The minimum Gasteiger partial charge on any atom is -0.360 e. The molecule has 6 heteroatoms. The molecule has 3 heterocycles. The van der Waals surface area contributed by atoms with Crippen LogP contribution in [0.15, 0.2) is 0 Å². The largest absolute Gasteiger partial charge is 0.360 e. The van der Waals surface area contributed by atoms with Crippen molar-refractivity contribution in [1.82, 2.24) is 14.9 Å². The second-order valence-electron chi connectivity index (χ2n) is 6.50. The van der Waals surface area contributed by atoms with E-state index in [0.29, 0.717) is 6.54 Å². The molecule has 0 saturated carbocycles. The topological polar surface area (TPSA) is 58.1 Å². The molecule has 2 aromatic rings. The molecular formula is C17H24N4OS. The van der Waals surface area contributed by atoms with Crippen molar-refractivity contribution in [3.63, 3.8) is 0 Å². The fraction of sp³-hybridized carbons (Fsp3) is 0.588. The molecule has 0 unspecified atom stereocenters. The Morgan fingerprint density at radius 2 is 1.96 bits per heavy atom. The van der Waals surface area contributed by atoms with Crippen LogP contribution in [0.2, 0.25) is 0 Å². The molecule has 0 spiro atoms. The lowest BCUT2D eigenvalue weighted by Gasteiger charge is -2.30. The predicted octanol–water partition coefficient (Wildman–Crippen LogP) is 3.29. The van der Waals surface area contributed by atoms with Crippen LogP contribution in [0.4, 0.5) is 5.82 Å². The van der Waals surface area contributed by atoms with Gasteiger partial charge in [-0.05, 0) is 45.1 Å². The van der Waals surface area contributed by atoms with Crippen molar-refractivity contribution in [3.8, 4) is 0 Å². The lowest BCUT2D eigenvalue weighted by atomic mass is 9.99. The van der Waals surface area contributed by atoms with Crippen LogP contribution in [0.5, 0.6) is 0 Å². The lowest BCUT2D eigenvalue weighted by Crippen LogP contribution is -2.41. The number of piperidine rings is 1. The summed E-state index contributed by atoms with van der Waals surface area (Å²) in [5.41, 5.74) is 1.20. The summed E-state index contributed by atoms with van der Waals surface area (Å²) in [7, 11) is 0. The van der Waals surface area contributed by atoms with Gasteiger partial charge < -0.3 is 10.2 Å². The minimum absolute atomic E-state index is 0.158. The maximum absolute atomic E-state index is 12.4. The molecule has 2 aromatic heterocycles. The summed E-state index contributed by atoms with van der Waals surface area (Å²) in [5.74, 6) is 2.41. The smallest absolute Gasteiger partial charge is 0.241 e. The standard InChI is InChI=1S/C17H24N4OS/c1-10-5-7-21(8-6-10)14(22)9-18-16-15-11(2)12(3)23-17(15)20-13(4)19-16/h10H,5-9H2,1-4H3,(H,18,19,20). The zero-order chi connectivity index (χ0) is 16.6. The van der Waals surface area contributed by atoms with Gasteiger partial charge in [-0.15, -0.1) is 11.3 Å². The number of fused-ring (bicyclic) bond motifs is 1. The number of carbonyl (C=O) groups is 1. The van der Waals surface area contributed by atoms with Gasteiger partial charge in [-0.1, -0.05) is 6.92 Å². The van der Waals surface area contributed by atoms with E-state index < -0.39 is 0 Å². The summed E-state index contributed by atoms with van der Waals surface area (Å²) in [6.45, 7) is 10.4. The monoisotopic (exact) mass is 332 g/mol. The molecule has 0 radical (unpaired) electrons. The Hall–Kier alpha value is -1.69. The Labute approximate surface area is 141 Å². The van der Waals surface area contributed by atoms with Crippen molar-refractivity contribution in [3.05, 3.63) is 16.3 Å². The maximum atomic E-state index is 12.4. The predicted molar refractivity (Wildman–Crippen MR) is 95.1 cm³/mol. The number of anilines is 1. The summed E-state index contributed by atoms with van der Waals surface area (Å²) in [4.78, 5) is 25.7. The first-order valence-electron chi connectivity index (χ1n) is 8.21. The van der Waals surface area contributed by atoms with Crippen molar-refractivity contribution in [2.45, 2.75) is 40.5 Å². The van der Waals surface area contributed by atoms with Crippen LogP contribution >= 0.6 is 11.3 Å². The van der Waals surface area contributed by atoms with Crippen molar-refractivity contribution in [2.24, 2.45) is 5.92 Å². The fourth-order valence-corrected chi connectivity index (χ4v) is 4.09. The summed E-state index contributed by atoms with van der Waals surface area (Å²) < 4.78 is 0. The number of rotatable bonds is 3. The summed E-state index contributed by atoms with van der Waals surface area (Å²) in [5, 5.41) is 4.31. The van der Waals surface area contributed by atoms with Crippen LogP contribution in [-0.4, -0.2) is 40.4 Å². The number of hydrogen-bond donors (Lipinski definition) is 1. The number of aromatic nitrogens is 2. The van der Waals surface area contributed by atoms with Crippen LogP contribution in [0, 0.1) is 26.7 Å². The average molecular weight is 332 g/mol. The van der Waals surface area contributed by atoms with Gasteiger partial charge in [-0.2, -0.15) is 0 Å². The molecular weight excluding hydrogens is 308 g/mol. The summed E-state index contributed by atoms with van der Waals surface area (Å²) in [6, 6.07) is 0. The first-order chi connectivity index (χ1) is 11.0. The van der Waals surface area contributed by atoms with Gasteiger partial charge in [-0.3, -0.25) is 4.79 Å². The van der Waals surface area contributed by atoms with E-state index in [4.69, 9.17) is 0 Å². The van der Waals surface area contributed by atoms with Gasteiger partial charge in [-0.25, -0.2) is 9.97 Å². The molecule has 0 atom stereocenters. The Balaban J connectivity index is 1.75. The molecule has 1 saturated heterocycles. The third-order valence-electron chi connectivity index (χ3n) is 4.68. The molecule has 1 N–H and O–H groups in total. The van der Waals surface area contributed by atoms with Gasteiger partial charge in [0.15, 0.2) is 0 Å². The second-order valence-corrected chi connectivity index (χ2v) is 7.70. The van der Waals surface area contributed by atoms with E-state index >= 15 is 0 Å². The average Bonchev–Trinajstić information content (AvgIpc) is 2.79. The van der Waals surface area contributed by atoms with Crippen molar-refractivity contribution in [1.29, 1.82) is 0 Å². The Bertz CT molecular complexity index is 732. The number of likely N-dealkylation sites (tertiary alicyclic amines) is 1. The van der Waals surface area contributed by atoms with Crippen molar-refractivity contribution >= 4 is 33.3 Å². The van der Waals surface area contributed by atoms with E-state index in [2.05, 4.69) is 36.1 Å². The molecule has 1 aliphatic rings. The first kappa shape index (κ1) is 16.2. The van der Waals surface area contributed by atoms with Gasteiger partial charge in [0.1, 0.15) is 16.5 Å². The Kier molecular flexibility index (Phi) is 4.53. The number of nitrogens with zero attached hydrogens (tertiary/aromatic N) is 3. The third kappa shape index (κ3) is 3.32. The van der Waals surface area contributed by atoms with Gasteiger partial charge in [0.25, 0.3) is 0 Å². The van der Waals surface area contributed by atoms with E-state index in [1.54, 1.807) is 11.3 Å². The number of nitrogens with one attached hydrogen (secondary N) is 1. The molecule has 3 rings (SSSR count). The quantitative estimate of drug-likeness (QED) is 0.937. The number of hydrogen-bond acceptors (Lipinski definition) is 5. The molecule has 0 bridgehead atoms. The number of thiophene rings is 1. The van der Waals surface area contributed by atoms with Crippen LogP contribution in [0.3, 0.4) is 0 Å². The van der Waals surface area contributed by atoms with E-state index in [-0.39, 0.29) is 5.91 Å². The highest BCUT2D eigenvalue weighted by Gasteiger charge is 2.21. The van der Waals surface area contributed by atoms with E-state index in [0.717, 1.165) is 53.7 Å². The zero-order valence-electron chi connectivity index (χ0n) is 14.3. The van der Waals surface area contributed by atoms with E-state index in [1.807, 2.05) is 11.8 Å². The number of carbonyl (C=O) groups excluding carboxylic acids is 1. The molecule has 0 aliphatic carbocycles. The number of amides is 1. The third-order valence-corrected chi connectivity index (χ3v) is 5.79. The first-order valence-corrected chi connectivity index (χ1v) is 9.03. The van der Waals surface area contributed by atoms with Crippen molar-refractivity contribution < 1.29 is 4.79 Å². The van der Waals surface area contributed by atoms with E-state index in [1.165, 1.54) is 10.4 Å². The highest BCUT2D eigenvalue weighted by atomic mass is 32.1. The second kappa shape index (κ2) is 6.43. The molecule has 1 amide bonds. The normalized spacial score (nSPS) is 16.1. The highest BCUT2D eigenvalue weighted by Crippen LogP contribution is 2.33. The van der Waals surface area contributed by atoms with Crippen LogP contribution in [0.25, 0.3) is 10.2 Å². The molecule has 1 aliphatic heterocycles. The molecule has 1 fully saturated rings. The van der Waals surface area contributed by atoms with Crippen LogP contribution in [0.1, 0.15) is 36.0 Å². The highest BCUT2D eigenvalue weighted by molar-refractivity contribution is 7.18. The fourth-order valence-electron chi connectivity index (χ4n) is 3.01. The molecule has 124 valence electrons. The van der Waals surface area contributed by atoms with Crippen molar-refractivity contribution in [2.75, 3.05) is 25.0 Å².